The molecule has 3 aromatic rings. The van der Waals surface area contributed by atoms with Gasteiger partial charge in [0.15, 0.2) is 0 Å². The molecule has 120 valence electrons. The summed E-state index contributed by atoms with van der Waals surface area (Å²) in [5.41, 5.74) is 0.903. The molecule has 3 N–H and O–H groups in total. The van der Waals surface area contributed by atoms with E-state index in [0.717, 1.165) is 21.2 Å². The van der Waals surface area contributed by atoms with Gasteiger partial charge >= 0.3 is 0 Å². The fraction of sp³-hybridized carbons (Fsp3) is 0.263. The third-order valence-electron chi connectivity index (χ3n) is 4.09. The number of phenolic OH excluding ortho intramolecular Hbond substituents is 1. The fourth-order valence-corrected chi connectivity index (χ4v) is 3.53. The van der Waals surface area contributed by atoms with Crippen LogP contribution < -0.4 is 5.32 Å². The molecule has 2 atom stereocenters. The maximum Gasteiger partial charge on any atom is 0.120 e. The summed E-state index contributed by atoms with van der Waals surface area (Å²) in [7, 11) is 0. The number of aliphatic hydroxyl groups excluding tert-OH is 1. The number of rotatable bonds is 6. The van der Waals surface area contributed by atoms with Crippen molar-refractivity contribution in [3.05, 3.63) is 64.4 Å². The third-order valence-corrected chi connectivity index (χ3v) is 5.07. The summed E-state index contributed by atoms with van der Waals surface area (Å²) in [5.74, 6) is 0.308. The van der Waals surface area contributed by atoms with Crippen LogP contribution in [0.15, 0.2) is 53.9 Å². The van der Waals surface area contributed by atoms with Crippen LogP contribution in [0.5, 0.6) is 5.75 Å². The highest BCUT2D eigenvalue weighted by molar-refractivity contribution is 7.10. The second-order valence-electron chi connectivity index (χ2n) is 5.83. The molecule has 0 saturated carbocycles. The van der Waals surface area contributed by atoms with Gasteiger partial charge in [0, 0.05) is 23.0 Å². The molecule has 3 rings (SSSR count). The molecule has 0 aliphatic rings. The Morgan fingerprint density at radius 3 is 2.70 bits per heavy atom. The van der Waals surface area contributed by atoms with Crippen molar-refractivity contribution in [1.82, 2.24) is 5.32 Å². The second kappa shape index (κ2) is 7.13. The Balaban J connectivity index is 1.67. The zero-order valence-corrected chi connectivity index (χ0v) is 13.9. The van der Waals surface area contributed by atoms with E-state index in [4.69, 9.17) is 0 Å². The number of hydrogen-bond acceptors (Lipinski definition) is 4. The van der Waals surface area contributed by atoms with Crippen molar-refractivity contribution in [3.63, 3.8) is 0 Å². The molecule has 0 bridgehead atoms. The van der Waals surface area contributed by atoms with Gasteiger partial charge in [0.2, 0.25) is 0 Å². The number of aromatic hydroxyl groups is 1. The van der Waals surface area contributed by atoms with E-state index in [-0.39, 0.29) is 6.04 Å². The molecule has 0 aliphatic heterocycles. The van der Waals surface area contributed by atoms with Gasteiger partial charge in [-0.05, 0) is 41.6 Å². The number of thiophene rings is 1. The van der Waals surface area contributed by atoms with E-state index in [9.17, 15) is 10.2 Å². The molecule has 0 spiro atoms. The van der Waals surface area contributed by atoms with Crippen molar-refractivity contribution < 1.29 is 10.2 Å². The van der Waals surface area contributed by atoms with Crippen LogP contribution in [0.1, 0.15) is 29.9 Å². The normalized spacial score (nSPS) is 14.0. The molecule has 3 nitrogen and oxygen atoms in total. The van der Waals surface area contributed by atoms with Gasteiger partial charge in [0.25, 0.3) is 0 Å². The van der Waals surface area contributed by atoms with Gasteiger partial charge in [0.1, 0.15) is 5.75 Å². The SMILES string of the molecule is CC(CC(O)c1cccs1)NCc1c(O)ccc2ccccc12. The lowest BCUT2D eigenvalue weighted by Gasteiger charge is -2.18. The first-order chi connectivity index (χ1) is 11.1. The summed E-state index contributed by atoms with van der Waals surface area (Å²) in [6.45, 7) is 2.63. The van der Waals surface area contributed by atoms with E-state index in [1.165, 1.54) is 0 Å². The summed E-state index contributed by atoms with van der Waals surface area (Å²) in [6, 6.07) is 15.8. The van der Waals surface area contributed by atoms with E-state index in [2.05, 4.69) is 12.2 Å². The average molecular weight is 327 g/mol. The Hall–Kier alpha value is -1.88. The molecule has 4 heteroatoms. The summed E-state index contributed by atoms with van der Waals surface area (Å²) in [4.78, 5) is 0.992. The first kappa shape index (κ1) is 16.0. The van der Waals surface area contributed by atoms with Crippen LogP contribution in [0.4, 0.5) is 0 Å². The van der Waals surface area contributed by atoms with Crippen molar-refractivity contribution in [1.29, 1.82) is 0 Å². The first-order valence-electron chi connectivity index (χ1n) is 7.79. The fourth-order valence-electron chi connectivity index (χ4n) is 2.80. The Labute approximate surface area is 140 Å². The highest BCUT2D eigenvalue weighted by atomic mass is 32.1. The van der Waals surface area contributed by atoms with Crippen LogP contribution >= 0.6 is 11.3 Å². The Morgan fingerprint density at radius 1 is 1.09 bits per heavy atom. The van der Waals surface area contributed by atoms with Crippen molar-refractivity contribution in [2.75, 3.05) is 0 Å². The van der Waals surface area contributed by atoms with Crippen LogP contribution in [0.2, 0.25) is 0 Å². The summed E-state index contributed by atoms with van der Waals surface area (Å²) < 4.78 is 0. The molecule has 0 fully saturated rings. The molecular weight excluding hydrogens is 306 g/mol. The van der Waals surface area contributed by atoms with Crippen molar-refractivity contribution in [2.24, 2.45) is 0 Å². The zero-order valence-electron chi connectivity index (χ0n) is 13.1. The lowest BCUT2D eigenvalue weighted by molar-refractivity contribution is 0.157. The molecular formula is C19H21NO2S. The van der Waals surface area contributed by atoms with E-state index in [1.54, 1.807) is 17.4 Å². The molecule has 0 amide bonds. The van der Waals surface area contributed by atoms with Gasteiger partial charge in [-0.2, -0.15) is 0 Å². The minimum atomic E-state index is -0.446. The van der Waals surface area contributed by atoms with Gasteiger partial charge < -0.3 is 15.5 Å². The van der Waals surface area contributed by atoms with Crippen molar-refractivity contribution >= 4 is 22.1 Å². The van der Waals surface area contributed by atoms with Gasteiger partial charge in [-0.25, -0.2) is 0 Å². The number of phenols is 1. The Bertz CT molecular complexity index is 770. The minimum absolute atomic E-state index is 0.144. The maximum absolute atomic E-state index is 10.2. The highest BCUT2D eigenvalue weighted by Gasteiger charge is 2.14. The quantitative estimate of drug-likeness (QED) is 0.636. The van der Waals surface area contributed by atoms with Crippen LogP contribution in [0.3, 0.4) is 0 Å². The number of benzene rings is 2. The van der Waals surface area contributed by atoms with E-state index in [0.29, 0.717) is 18.7 Å². The standard InChI is InChI=1S/C19H21NO2S/c1-13(11-18(22)19-7-4-10-23-19)20-12-16-15-6-3-2-5-14(15)8-9-17(16)21/h2-10,13,18,20-22H,11-12H2,1H3. The minimum Gasteiger partial charge on any atom is -0.508 e. The molecule has 0 aliphatic carbocycles. The average Bonchev–Trinajstić information content (AvgIpc) is 3.08. The molecule has 0 saturated heterocycles. The number of aliphatic hydroxyl groups is 1. The second-order valence-corrected chi connectivity index (χ2v) is 6.81. The van der Waals surface area contributed by atoms with E-state index in [1.807, 2.05) is 47.8 Å². The lowest BCUT2D eigenvalue weighted by Crippen LogP contribution is -2.27. The van der Waals surface area contributed by atoms with Crippen LogP contribution in [0.25, 0.3) is 10.8 Å². The summed E-state index contributed by atoms with van der Waals surface area (Å²) in [5, 5.41) is 28.0. The Morgan fingerprint density at radius 2 is 1.91 bits per heavy atom. The highest BCUT2D eigenvalue weighted by Crippen LogP contribution is 2.27. The molecule has 1 heterocycles. The molecule has 23 heavy (non-hydrogen) atoms. The van der Waals surface area contributed by atoms with Gasteiger partial charge in [-0.15, -0.1) is 11.3 Å². The predicted molar refractivity (Wildman–Crippen MR) is 95.8 cm³/mol. The topological polar surface area (TPSA) is 52.5 Å². The zero-order chi connectivity index (χ0) is 16.2. The molecule has 2 aromatic carbocycles. The smallest absolute Gasteiger partial charge is 0.120 e. The Kier molecular flexibility index (Phi) is 4.96. The molecule has 0 radical (unpaired) electrons. The van der Waals surface area contributed by atoms with Gasteiger partial charge in [0.05, 0.1) is 6.10 Å². The molecule has 1 aromatic heterocycles. The number of hydrogen-bond donors (Lipinski definition) is 3. The maximum atomic E-state index is 10.2. The lowest BCUT2D eigenvalue weighted by atomic mass is 10.0. The first-order valence-corrected chi connectivity index (χ1v) is 8.67. The largest absolute Gasteiger partial charge is 0.508 e. The van der Waals surface area contributed by atoms with Crippen molar-refractivity contribution in [2.45, 2.75) is 32.0 Å². The van der Waals surface area contributed by atoms with E-state index < -0.39 is 6.10 Å². The monoisotopic (exact) mass is 327 g/mol. The predicted octanol–water partition coefficient (Wildman–Crippen LogP) is 4.21. The third kappa shape index (κ3) is 3.72. The number of nitrogens with one attached hydrogen (secondary N) is 1. The summed E-state index contributed by atoms with van der Waals surface area (Å²) in [6.07, 6.45) is 0.199. The van der Waals surface area contributed by atoms with E-state index >= 15 is 0 Å². The van der Waals surface area contributed by atoms with Gasteiger partial charge in [-0.1, -0.05) is 36.4 Å². The van der Waals surface area contributed by atoms with Crippen LogP contribution in [0, 0.1) is 0 Å². The van der Waals surface area contributed by atoms with Gasteiger partial charge in [-0.3, -0.25) is 0 Å². The van der Waals surface area contributed by atoms with Crippen LogP contribution in [-0.4, -0.2) is 16.3 Å². The van der Waals surface area contributed by atoms with Crippen LogP contribution in [-0.2, 0) is 6.54 Å². The molecule has 2 unspecified atom stereocenters. The van der Waals surface area contributed by atoms with Crippen molar-refractivity contribution in [3.8, 4) is 5.75 Å². The summed E-state index contributed by atoms with van der Waals surface area (Å²) >= 11 is 1.57. The number of fused-ring (bicyclic) bond motifs is 1.